The van der Waals surface area contributed by atoms with Gasteiger partial charge in [0.15, 0.2) is 0 Å². The van der Waals surface area contributed by atoms with Gasteiger partial charge < -0.3 is 5.32 Å². The van der Waals surface area contributed by atoms with Crippen molar-refractivity contribution in [1.82, 2.24) is 10.2 Å². The molecular weight excluding hydrogens is 335 g/mol. The maximum absolute atomic E-state index is 3.77. The molecule has 2 nitrogen and oxygen atoms in total. The van der Waals surface area contributed by atoms with E-state index in [1.807, 2.05) is 0 Å². The number of hydrogen-bond donors (Lipinski definition) is 1. The summed E-state index contributed by atoms with van der Waals surface area (Å²) in [7, 11) is 0. The van der Waals surface area contributed by atoms with E-state index < -0.39 is 0 Å². The van der Waals surface area contributed by atoms with Crippen LogP contribution < -0.4 is 5.32 Å². The third-order valence-corrected chi connectivity index (χ3v) is 5.06. The van der Waals surface area contributed by atoms with Crippen molar-refractivity contribution in [2.24, 2.45) is 0 Å². The summed E-state index contributed by atoms with van der Waals surface area (Å²) in [6.07, 6.45) is 5.54. The number of rotatable bonds is 3. The second kappa shape index (κ2) is 5.88. The smallest absolute Gasteiger partial charge is 0.0249 e. The highest BCUT2D eigenvalue weighted by Gasteiger charge is 2.34. The first kappa shape index (κ1) is 12.9. The highest BCUT2D eigenvalue weighted by Crippen LogP contribution is 2.27. The van der Waals surface area contributed by atoms with Gasteiger partial charge in [0, 0.05) is 28.7 Å². The van der Waals surface area contributed by atoms with Gasteiger partial charge in [-0.3, -0.25) is 4.90 Å². The molecule has 2 saturated heterocycles. The van der Waals surface area contributed by atoms with Crippen LogP contribution in [0.15, 0.2) is 24.3 Å². The average Bonchev–Trinajstić information content (AvgIpc) is 2.82. The Balaban J connectivity index is 1.55. The van der Waals surface area contributed by atoms with Crippen molar-refractivity contribution in [3.8, 4) is 0 Å². The number of fused-ring (bicyclic) bond motifs is 1. The topological polar surface area (TPSA) is 15.3 Å². The zero-order valence-corrected chi connectivity index (χ0v) is 12.9. The van der Waals surface area contributed by atoms with E-state index in [0.29, 0.717) is 6.04 Å². The predicted octanol–water partition coefficient (Wildman–Crippen LogP) is 3.01. The fourth-order valence-corrected chi connectivity index (χ4v) is 3.70. The van der Waals surface area contributed by atoms with Gasteiger partial charge in [0.1, 0.15) is 0 Å². The van der Waals surface area contributed by atoms with E-state index in [2.05, 4.69) is 57.1 Å². The molecular formula is C15H21IN2. The van der Waals surface area contributed by atoms with Crippen LogP contribution in [-0.4, -0.2) is 30.1 Å². The Bertz CT molecular complexity index is 390. The van der Waals surface area contributed by atoms with E-state index in [1.54, 1.807) is 0 Å². The zero-order chi connectivity index (χ0) is 12.4. The highest BCUT2D eigenvalue weighted by molar-refractivity contribution is 14.1. The zero-order valence-electron chi connectivity index (χ0n) is 10.7. The molecule has 18 heavy (non-hydrogen) atoms. The van der Waals surface area contributed by atoms with Crippen LogP contribution in [0.25, 0.3) is 0 Å². The van der Waals surface area contributed by atoms with Gasteiger partial charge in [0.25, 0.3) is 0 Å². The summed E-state index contributed by atoms with van der Waals surface area (Å²) < 4.78 is 1.32. The Morgan fingerprint density at radius 2 is 1.94 bits per heavy atom. The van der Waals surface area contributed by atoms with Crippen molar-refractivity contribution >= 4 is 22.6 Å². The summed E-state index contributed by atoms with van der Waals surface area (Å²) in [5.74, 6) is 0. The molecule has 3 heteroatoms. The Labute approximate surface area is 123 Å². The lowest BCUT2D eigenvalue weighted by Crippen LogP contribution is -2.44. The number of nitrogens with one attached hydrogen (secondary N) is 1. The first-order valence-corrected chi connectivity index (χ1v) is 8.13. The molecule has 1 aromatic carbocycles. The SMILES string of the molecule is Ic1ccc(CNC2CCN3CCCCC23)cc1. The van der Waals surface area contributed by atoms with Gasteiger partial charge in [-0.1, -0.05) is 18.6 Å². The molecule has 2 aliphatic heterocycles. The summed E-state index contributed by atoms with van der Waals surface area (Å²) in [6, 6.07) is 10.4. The lowest BCUT2D eigenvalue weighted by molar-refractivity contribution is 0.180. The minimum atomic E-state index is 0.713. The van der Waals surface area contributed by atoms with Gasteiger partial charge in [-0.15, -0.1) is 0 Å². The molecule has 2 heterocycles. The first-order valence-electron chi connectivity index (χ1n) is 7.05. The van der Waals surface area contributed by atoms with Crippen LogP contribution in [0.2, 0.25) is 0 Å². The van der Waals surface area contributed by atoms with E-state index in [0.717, 1.165) is 12.6 Å². The largest absolute Gasteiger partial charge is 0.308 e. The van der Waals surface area contributed by atoms with E-state index in [1.165, 1.54) is 47.9 Å². The molecule has 2 fully saturated rings. The highest BCUT2D eigenvalue weighted by atomic mass is 127. The van der Waals surface area contributed by atoms with Gasteiger partial charge in [-0.2, -0.15) is 0 Å². The molecule has 2 aliphatic rings. The summed E-state index contributed by atoms with van der Waals surface area (Å²) >= 11 is 2.36. The third kappa shape index (κ3) is 2.89. The normalized spacial score (nSPS) is 28.3. The lowest BCUT2D eigenvalue weighted by Gasteiger charge is -2.32. The van der Waals surface area contributed by atoms with Crippen molar-refractivity contribution in [1.29, 1.82) is 0 Å². The fourth-order valence-electron chi connectivity index (χ4n) is 3.34. The summed E-state index contributed by atoms with van der Waals surface area (Å²) in [6.45, 7) is 3.65. The van der Waals surface area contributed by atoms with Crippen LogP contribution in [0.5, 0.6) is 0 Å². The molecule has 0 aliphatic carbocycles. The summed E-state index contributed by atoms with van der Waals surface area (Å²) in [5.41, 5.74) is 1.41. The van der Waals surface area contributed by atoms with Crippen LogP contribution in [0.4, 0.5) is 0 Å². The van der Waals surface area contributed by atoms with Crippen molar-refractivity contribution in [3.63, 3.8) is 0 Å². The van der Waals surface area contributed by atoms with Crippen molar-refractivity contribution in [2.75, 3.05) is 13.1 Å². The maximum atomic E-state index is 3.77. The Morgan fingerprint density at radius 1 is 1.11 bits per heavy atom. The number of piperidine rings is 1. The van der Waals surface area contributed by atoms with Crippen LogP contribution in [0.3, 0.4) is 0 Å². The molecule has 0 bridgehead atoms. The quantitative estimate of drug-likeness (QED) is 0.838. The first-order chi connectivity index (χ1) is 8.83. The number of nitrogens with zero attached hydrogens (tertiary/aromatic N) is 1. The molecule has 0 radical (unpaired) electrons. The van der Waals surface area contributed by atoms with E-state index in [-0.39, 0.29) is 0 Å². The van der Waals surface area contributed by atoms with Gasteiger partial charge in [0.05, 0.1) is 0 Å². The van der Waals surface area contributed by atoms with Gasteiger partial charge in [-0.05, 0) is 66.1 Å². The van der Waals surface area contributed by atoms with Gasteiger partial charge in [0.2, 0.25) is 0 Å². The van der Waals surface area contributed by atoms with Crippen LogP contribution in [0, 0.1) is 3.57 Å². The van der Waals surface area contributed by atoms with Gasteiger partial charge >= 0.3 is 0 Å². The second-order valence-corrected chi connectivity index (χ2v) is 6.75. The molecule has 0 aromatic heterocycles. The summed E-state index contributed by atoms with van der Waals surface area (Å²) in [4.78, 5) is 2.69. The molecule has 3 rings (SSSR count). The Kier molecular flexibility index (Phi) is 4.21. The van der Waals surface area contributed by atoms with Gasteiger partial charge in [-0.25, -0.2) is 0 Å². The molecule has 1 aromatic rings. The minimum absolute atomic E-state index is 0.713. The number of hydrogen-bond acceptors (Lipinski definition) is 2. The predicted molar refractivity (Wildman–Crippen MR) is 83.6 cm³/mol. The molecule has 2 atom stereocenters. The third-order valence-electron chi connectivity index (χ3n) is 4.34. The van der Waals surface area contributed by atoms with Crippen LogP contribution in [0.1, 0.15) is 31.2 Å². The Morgan fingerprint density at radius 3 is 2.78 bits per heavy atom. The molecule has 1 N–H and O–H groups in total. The number of benzene rings is 1. The minimum Gasteiger partial charge on any atom is -0.308 e. The molecule has 0 saturated carbocycles. The van der Waals surface area contributed by atoms with Crippen LogP contribution in [-0.2, 0) is 6.54 Å². The van der Waals surface area contributed by atoms with Crippen molar-refractivity contribution in [2.45, 2.75) is 44.3 Å². The van der Waals surface area contributed by atoms with Crippen molar-refractivity contribution < 1.29 is 0 Å². The maximum Gasteiger partial charge on any atom is 0.0249 e. The van der Waals surface area contributed by atoms with E-state index in [4.69, 9.17) is 0 Å². The van der Waals surface area contributed by atoms with E-state index in [9.17, 15) is 0 Å². The standard InChI is InChI=1S/C15H21IN2/c16-13-6-4-12(5-7-13)11-17-14-8-10-18-9-2-1-3-15(14)18/h4-7,14-15,17H,1-3,8-11H2. The molecule has 0 amide bonds. The molecule has 2 unspecified atom stereocenters. The average molecular weight is 356 g/mol. The molecule has 98 valence electrons. The van der Waals surface area contributed by atoms with E-state index >= 15 is 0 Å². The lowest BCUT2D eigenvalue weighted by atomic mass is 9.99. The second-order valence-electron chi connectivity index (χ2n) is 5.50. The number of halogens is 1. The van der Waals surface area contributed by atoms with Crippen LogP contribution >= 0.6 is 22.6 Å². The molecule has 0 spiro atoms. The van der Waals surface area contributed by atoms with Crippen molar-refractivity contribution in [3.05, 3.63) is 33.4 Å². The monoisotopic (exact) mass is 356 g/mol. The Hall–Kier alpha value is -0.130. The fraction of sp³-hybridized carbons (Fsp3) is 0.600. The summed E-state index contributed by atoms with van der Waals surface area (Å²) in [5, 5.41) is 3.77.